The number of rotatable bonds is 5. The Labute approximate surface area is 150 Å². The molecule has 1 heterocycles. The summed E-state index contributed by atoms with van der Waals surface area (Å²) in [7, 11) is 0. The Morgan fingerprint density at radius 2 is 1.80 bits per heavy atom. The van der Waals surface area contributed by atoms with E-state index in [1.807, 2.05) is 49.1 Å². The monoisotopic (exact) mass is 337 g/mol. The largest absolute Gasteiger partial charge is 0.376 e. The highest BCUT2D eigenvalue weighted by Gasteiger charge is 2.24. The van der Waals surface area contributed by atoms with Gasteiger partial charge in [-0.25, -0.2) is 0 Å². The molecule has 1 aliphatic heterocycles. The highest BCUT2D eigenvalue weighted by Crippen LogP contribution is 2.21. The van der Waals surface area contributed by atoms with E-state index < -0.39 is 0 Å². The van der Waals surface area contributed by atoms with E-state index in [0.29, 0.717) is 12.5 Å². The first kappa shape index (κ1) is 17.7. The molecule has 0 aliphatic carbocycles. The molecule has 1 fully saturated rings. The zero-order valence-corrected chi connectivity index (χ0v) is 15.2. The van der Waals surface area contributed by atoms with Crippen LogP contribution in [0.1, 0.15) is 39.9 Å². The summed E-state index contributed by atoms with van der Waals surface area (Å²) in [6.07, 6.45) is 2.04. The van der Waals surface area contributed by atoms with Gasteiger partial charge in [-0.3, -0.25) is 4.79 Å². The molecule has 3 nitrogen and oxygen atoms in total. The second-order valence-electron chi connectivity index (χ2n) is 7.05. The van der Waals surface area contributed by atoms with Crippen LogP contribution in [0.15, 0.2) is 48.5 Å². The van der Waals surface area contributed by atoms with Crippen molar-refractivity contribution in [2.45, 2.75) is 33.3 Å². The fourth-order valence-corrected chi connectivity index (χ4v) is 3.36. The van der Waals surface area contributed by atoms with Crippen molar-refractivity contribution in [1.82, 2.24) is 4.90 Å². The zero-order valence-electron chi connectivity index (χ0n) is 15.2. The van der Waals surface area contributed by atoms with Gasteiger partial charge in [-0.1, -0.05) is 48.0 Å². The molecule has 0 atom stereocenters. The minimum absolute atomic E-state index is 0.171. The van der Waals surface area contributed by atoms with Crippen molar-refractivity contribution in [3.63, 3.8) is 0 Å². The average molecular weight is 337 g/mol. The molecule has 2 aromatic rings. The van der Waals surface area contributed by atoms with Crippen LogP contribution >= 0.6 is 0 Å². The molecule has 3 heteroatoms. The van der Waals surface area contributed by atoms with E-state index in [0.717, 1.165) is 49.2 Å². The Bertz CT molecular complexity index is 703. The summed E-state index contributed by atoms with van der Waals surface area (Å²) < 4.78 is 5.87. The Kier molecular flexibility index (Phi) is 5.87. The van der Waals surface area contributed by atoms with Crippen molar-refractivity contribution in [2.24, 2.45) is 5.92 Å². The van der Waals surface area contributed by atoms with Crippen LogP contribution in [0.3, 0.4) is 0 Å². The highest BCUT2D eigenvalue weighted by atomic mass is 16.5. The fourth-order valence-electron chi connectivity index (χ4n) is 3.36. The molecule has 0 unspecified atom stereocenters. The molecule has 0 N–H and O–H groups in total. The predicted octanol–water partition coefficient (Wildman–Crippen LogP) is 4.37. The van der Waals surface area contributed by atoms with E-state index in [9.17, 15) is 4.79 Å². The lowest BCUT2D eigenvalue weighted by Crippen LogP contribution is -2.39. The van der Waals surface area contributed by atoms with Crippen LogP contribution < -0.4 is 0 Å². The molecule has 0 spiro atoms. The van der Waals surface area contributed by atoms with Crippen molar-refractivity contribution in [3.05, 3.63) is 70.8 Å². The summed E-state index contributed by atoms with van der Waals surface area (Å²) in [5.41, 5.74) is 4.26. The molecular weight excluding hydrogens is 310 g/mol. The van der Waals surface area contributed by atoms with Crippen LogP contribution in [0.25, 0.3) is 0 Å². The number of carbonyl (C=O) groups is 1. The SMILES string of the molecule is Cc1ccc(C)c(C(=O)N2CCC(COCc3ccccc3)CC2)c1. The summed E-state index contributed by atoms with van der Waals surface area (Å²) in [6, 6.07) is 16.4. The number of piperidine rings is 1. The standard InChI is InChI=1S/C22H27NO2/c1-17-8-9-18(2)21(14-17)22(24)23-12-10-20(11-13-23)16-25-15-19-6-4-3-5-7-19/h3-9,14,20H,10-13,15-16H2,1-2H3. The van der Waals surface area contributed by atoms with Crippen LogP contribution in [0.5, 0.6) is 0 Å². The third kappa shape index (κ3) is 4.70. The van der Waals surface area contributed by atoms with Crippen LogP contribution in [0, 0.1) is 19.8 Å². The van der Waals surface area contributed by atoms with Crippen molar-refractivity contribution in [1.29, 1.82) is 0 Å². The smallest absolute Gasteiger partial charge is 0.254 e. The molecule has 132 valence electrons. The van der Waals surface area contributed by atoms with Gasteiger partial charge in [0.25, 0.3) is 5.91 Å². The van der Waals surface area contributed by atoms with Crippen molar-refractivity contribution < 1.29 is 9.53 Å². The number of hydrogen-bond acceptors (Lipinski definition) is 2. The topological polar surface area (TPSA) is 29.5 Å². The van der Waals surface area contributed by atoms with E-state index in [-0.39, 0.29) is 5.91 Å². The summed E-state index contributed by atoms with van der Waals surface area (Å²) in [6.45, 7) is 7.14. The van der Waals surface area contributed by atoms with E-state index >= 15 is 0 Å². The van der Waals surface area contributed by atoms with Crippen LogP contribution in [-0.2, 0) is 11.3 Å². The third-order valence-electron chi connectivity index (χ3n) is 4.99. The van der Waals surface area contributed by atoms with Gasteiger partial charge in [-0.2, -0.15) is 0 Å². The van der Waals surface area contributed by atoms with Crippen LogP contribution in [0.2, 0.25) is 0 Å². The van der Waals surface area contributed by atoms with Crippen molar-refractivity contribution in [3.8, 4) is 0 Å². The molecule has 0 aromatic heterocycles. The van der Waals surface area contributed by atoms with Gasteiger partial charge in [0, 0.05) is 25.3 Å². The number of benzene rings is 2. The molecule has 3 rings (SSSR count). The maximum Gasteiger partial charge on any atom is 0.254 e. The first-order valence-electron chi connectivity index (χ1n) is 9.11. The molecule has 1 saturated heterocycles. The number of likely N-dealkylation sites (tertiary alicyclic amines) is 1. The number of aryl methyl sites for hydroxylation is 2. The summed E-state index contributed by atoms with van der Waals surface area (Å²) in [4.78, 5) is 14.8. The minimum Gasteiger partial charge on any atom is -0.376 e. The lowest BCUT2D eigenvalue weighted by Gasteiger charge is -2.32. The van der Waals surface area contributed by atoms with E-state index in [2.05, 4.69) is 18.2 Å². The van der Waals surface area contributed by atoms with Gasteiger partial charge < -0.3 is 9.64 Å². The Hall–Kier alpha value is -2.13. The van der Waals surface area contributed by atoms with Gasteiger partial charge in [0.05, 0.1) is 6.61 Å². The first-order valence-corrected chi connectivity index (χ1v) is 9.11. The minimum atomic E-state index is 0.171. The molecule has 0 bridgehead atoms. The normalized spacial score (nSPS) is 15.4. The van der Waals surface area contributed by atoms with Gasteiger partial charge in [0.15, 0.2) is 0 Å². The number of nitrogens with zero attached hydrogens (tertiary/aromatic N) is 1. The number of ether oxygens (including phenoxy) is 1. The molecular formula is C22H27NO2. The van der Waals surface area contributed by atoms with E-state index in [1.165, 1.54) is 5.56 Å². The van der Waals surface area contributed by atoms with Crippen molar-refractivity contribution >= 4 is 5.91 Å². The zero-order chi connectivity index (χ0) is 17.6. The molecule has 2 aromatic carbocycles. The first-order chi connectivity index (χ1) is 12.1. The maximum atomic E-state index is 12.8. The van der Waals surface area contributed by atoms with Gasteiger partial charge in [0.1, 0.15) is 0 Å². The van der Waals surface area contributed by atoms with Gasteiger partial charge in [-0.15, -0.1) is 0 Å². The Morgan fingerprint density at radius 1 is 1.08 bits per heavy atom. The van der Waals surface area contributed by atoms with E-state index in [4.69, 9.17) is 4.74 Å². The summed E-state index contributed by atoms with van der Waals surface area (Å²) >= 11 is 0. The van der Waals surface area contributed by atoms with Gasteiger partial charge in [-0.05, 0) is 49.8 Å². The molecule has 25 heavy (non-hydrogen) atoms. The Morgan fingerprint density at radius 3 is 2.52 bits per heavy atom. The van der Waals surface area contributed by atoms with Crippen molar-refractivity contribution in [2.75, 3.05) is 19.7 Å². The van der Waals surface area contributed by atoms with E-state index in [1.54, 1.807) is 0 Å². The fraction of sp³-hybridized carbons (Fsp3) is 0.409. The highest BCUT2D eigenvalue weighted by molar-refractivity contribution is 5.95. The Balaban J connectivity index is 1.47. The molecule has 0 radical (unpaired) electrons. The van der Waals surface area contributed by atoms with Gasteiger partial charge >= 0.3 is 0 Å². The molecule has 0 saturated carbocycles. The lowest BCUT2D eigenvalue weighted by atomic mass is 9.96. The number of carbonyl (C=O) groups excluding carboxylic acids is 1. The third-order valence-corrected chi connectivity index (χ3v) is 4.99. The van der Waals surface area contributed by atoms with Crippen LogP contribution in [-0.4, -0.2) is 30.5 Å². The molecule has 1 aliphatic rings. The number of hydrogen-bond donors (Lipinski definition) is 0. The summed E-state index contributed by atoms with van der Waals surface area (Å²) in [5, 5.41) is 0. The lowest BCUT2D eigenvalue weighted by molar-refractivity contribution is 0.0478. The quantitative estimate of drug-likeness (QED) is 0.811. The summed E-state index contributed by atoms with van der Waals surface area (Å²) in [5.74, 6) is 0.719. The molecule has 1 amide bonds. The van der Waals surface area contributed by atoms with Gasteiger partial charge in [0.2, 0.25) is 0 Å². The number of amides is 1. The second kappa shape index (κ2) is 8.30. The van der Waals surface area contributed by atoms with Crippen LogP contribution in [0.4, 0.5) is 0 Å². The second-order valence-corrected chi connectivity index (χ2v) is 7.05. The predicted molar refractivity (Wildman–Crippen MR) is 101 cm³/mol. The average Bonchev–Trinajstić information content (AvgIpc) is 2.65. The maximum absolute atomic E-state index is 12.8.